The first-order valence-corrected chi connectivity index (χ1v) is 8.73. The molecule has 1 amide bonds. The molecule has 2 aromatic rings. The van der Waals surface area contributed by atoms with E-state index < -0.39 is 0 Å². The number of hydrogen-bond donors (Lipinski definition) is 1. The molecule has 120 valence electrons. The van der Waals surface area contributed by atoms with E-state index in [0.717, 1.165) is 19.3 Å². The van der Waals surface area contributed by atoms with Gasteiger partial charge in [0.1, 0.15) is 0 Å². The zero-order valence-electron chi connectivity index (χ0n) is 13.0. The number of aryl methyl sites for hydroxylation is 1. The monoisotopic (exact) mass is 329 g/mol. The molecule has 6 nitrogen and oxygen atoms in total. The summed E-state index contributed by atoms with van der Waals surface area (Å²) in [6.45, 7) is 0.435. The minimum atomic E-state index is 0.0224. The van der Waals surface area contributed by atoms with Gasteiger partial charge in [-0.15, -0.1) is 11.3 Å². The van der Waals surface area contributed by atoms with E-state index in [1.165, 1.54) is 22.6 Å². The fourth-order valence-corrected chi connectivity index (χ4v) is 4.20. The molecule has 4 rings (SSSR count). The van der Waals surface area contributed by atoms with Crippen LogP contribution in [-0.2, 0) is 11.8 Å². The van der Waals surface area contributed by atoms with Crippen molar-refractivity contribution in [2.45, 2.75) is 31.3 Å². The van der Waals surface area contributed by atoms with Crippen molar-refractivity contribution in [3.63, 3.8) is 0 Å². The molecule has 23 heavy (non-hydrogen) atoms. The molecule has 2 aliphatic rings. The number of carbonyl (C=O) groups is 1. The van der Waals surface area contributed by atoms with Gasteiger partial charge in [0.25, 0.3) is 0 Å². The van der Waals surface area contributed by atoms with Crippen LogP contribution >= 0.6 is 11.3 Å². The molecule has 1 saturated heterocycles. The number of fused-ring (bicyclic) bond motifs is 2. The van der Waals surface area contributed by atoms with E-state index in [2.05, 4.69) is 32.4 Å². The number of nitrogens with zero attached hydrogens (tertiary/aromatic N) is 4. The number of carbonyl (C=O) groups excluding carboxylic acids is 1. The van der Waals surface area contributed by atoms with E-state index in [4.69, 9.17) is 0 Å². The zero-order valence-corrected chi connectivity index (χ0v) is 13.8. The van der Waals surface area contributed by atoms with Crippen LogP contribution in [0.3, 0.4) is 0 Å². The van der Waals surface area contributed by atoms with Gasteiger partial charge >= 0.3 is 0 Å². The number of hydrogen-bond acceptors (Lipinski definition) is 5. The third-order valence-electron chi connectivity index (χ3n) is 4.69. The Morgan fingerprint density at radius 2 is 2.35 bits per heavy atom. The van der Waals surface area contributed by atoms with Crippen LogP contribution in [0.25, 0.3) is 5.57 Å². The fraction of sp³-hybridized carbons (Fsp3) is 0.438. The molecule has 0 spiro atoms. The topological polar surface area (TPSA) is 63.1 Å². The Balaban J connectivity index is 1.46. The smallest absolute Gasteiger partial charge is 0.240 e. The molecular formula is C16H19N5OS. The molecule has 2 atom stereocenters. The lowest BCUT2D eigenvalue weighted by Crippen LogP contribution is -2.43. The van der Waals surface area contributed by atoms with Crippen LogP contribution in [0.1, 0.15) is 25.0 Å². The summed E-state index contributed by atoms with van der Waals surface area (Å²) in [6.07, 6.45) is 9.11. The summed E-state index contributed by atoms with van der Waals surface area (Å²) >= 11 is 1.45. The van der Waals surface area contributed by atoms with Gasteiger partial charge in [-0.1, -0.05) is 6.08 Å². The Kier molecular flexibility index (Phi) is 3.74. The van der Waals surface area contributed by atoms with Crippen molar-refractivity contribution in [2.75, 3.05) is 11.9 Å². The highest BCUT2D eigenvalue weighted by Gasteiger charge is 2.38. The van der Waals surface area contributed by atoms with Crippen LogP contribution in [0.5, 0.6) is 0 Å². The molecule has 0 saturated carbocycles. The van der Waals surface area contributed by atoms with Gasteiger partial charge in [0.2, 0.25) is 5.91 Å². The Bertz CT molecular complexity index is 735. The van der Waals surface area contributed by atoms with Gasteiger partial charge in [0, 0.05) is 36.9 Å². The van der Waals surface area contributed by atoms with Gasteiger partial charge in [-0.05, 0) is 30.9 Å². The van der Waals surface area contributed by atoms with Crippen molar-refractivity contribution in [1.82, 2.24) is 19.7 Å². The highest BCUT2D eigenvalue weighted by molar-refractivity contribution is 7.13. The van der Waals surface area contributed by atoms with Gasteiger partial charge in [-0.2, -0.15) is 5.10 Å². The van der Waals surface area contributed by atoms with Crippen LogP contribution in [0.4, 0.5) is 5.13 Å². The molecule has 2 bridgehead atoms. The van der Waals surface area contributed by atoms with Gasteiger partial charge in [0.05, 0.1) is 12.2 Å². The third-order valence-corrected chi connectivity index (χ3v) is 5.38. The van der Waals surface area contributed by atoms with Crippen LogP contribution < -0.4 is 5.32 Å². The molecule has 0 aromatic carbocycles. The van der Waals surface area contributed by atoms with Gasteiger partial charge < -0.3 is 5.32 Å². The maximum Gasteiger partial charge on any atom is 0.240 e. The van der Waals surface area contributed by atoms with Crippen LogP contribution in [0.2, 0.25) is 0 Å². The Morgan fingerprint density at radius 1 is 1.43 bits per heavy atom. The van der Waals surface area contributed by atoms with Crippen molar-refractivity contribution in [2.24, 2.45) is 7.05 Å². The number of aromatic nitrogens is 3. The minimum absolute atomic E-state index is 0.0224. The molecule has 2 aromatic heterocycles. The molecule has 0 radical (unpaired) electrons. The summed E-state index contributed by atoms with van der Waals surface area (Å²) in [4.78, 5) is 18.7. The van der Waals surface area contributed by atoms with Gasteiger partial charge in [-0.3, -0.25) is 14.4 Å². The van der Waals surface area contributed by atoms with Crippen LogP contribution in [-0.4, -0.2) is 44.2 Å². The zero-order chi connectivity index (χ0) is 15.8. The first-order valence-electron chi connectivity index (χ1n) is 7.85. The third kappa shape index (κ3) is 2.82. The lowest BCUT2D eigenvalue weighted by atomic mass is 9.98. The van der Waals surface area contributed by atoms with E-state index in [0.29, 0.717) is 23.8 Å². The number of nitrogens with one attached hydrogen (secondary N) is 1. The predicted molar refractivity (Wildman–Crippen MR) is 90.1 cm³/mol. The van der Waals surface area contributed by atoms with Gasteiger partial charge in [0.15, 0.2) is 5.13 Å². The molecule has 1 N–H and O–H groups in total. The van der Waals surface area contributed by atoms with Gasteiger partial charge in [-0.25, -0.2) is 4.98 Å². The van der Waals surface area contributed by atoms with E-state index in [9.17, 15) is 4.79 Å². The number of rotatable bonds is 4. The Labute approximate surface area is 138 Å². The molecular weight excluding hydrogens is 310 g/mol. The van der Waals surface area contributed by atoms with E-state index in [1.54, 1.807) is 6.20 Å². The second-order valence-corrected chi connectivity index (χ2v) is 6.99. The lowest BCUT2D eigenvalue weighted by molar-refractivity contribution is -0.117. The first-order chi connectivity index (χ1) is 11.2. The van der Waals surface area contributed by atoms with E-state index >= 15 is 0 Å². The molecule has 7 heteroatoms. The second kappa shape index (κ2) is 5.90. The van der Waals surface area contributed by atoms with Crippen LogP contribution in [0.15, 0.2) is 29.9 Å². The first kappa shape index (κ1) is 14.6. The number of anilines is 1. The Hall–Kier alpha value is -1.99. The molecule has 0 aliphatic carbocycles. The fourth-order valence-electron chi connectivity index (χ4n) is 3.65. The molecule has 2 aliphatic heterocycles. The molecule has 4 heterocycles. The SMILES string of the molecule is Cn1nccc1C1=CC2CCC(C1)N2CC(=O)Nc1nccs1. The summed E-state index contributed by atoms with van der Waals surface area (Å²) in [7, 11) is 1.98. The number of thiazole rings is 1. The lowest BCUT2D eigenvalue weighted by Gasteiger charge is -2.33. The average molecular weight is 329 g/mol. The van der Waals surface area contributed by atoms with Crippen molar-refractivity contribution in [3.05, 3.63) is 35.6 Å². The Morgan fingerprint density at radius 3 is 3.04 bits per heavy atom. The maximum absolute atomic E-state index is 12.2. The van der Waals surface area contributed by atoms with Crippen molar-refractivity contribution >= 4 is 27.9 Å². The normalized spacial score (nSPS) is 23.8. The summed E-state index contributed by atoms with van der Waals surface area (Å²) in [5, 5.41) is 9.68. The summed E-state index contributed by atoms with van der Waals surface area (Å²) < 4.78 is 1.93. The largest absolute Gasteiger partial charge is 0.301 e. The molecule has 1 fully saturated rings. The van der Waals surface area contributed by atoms with E-state index in [-0.39, 0.29) is 5.91 Å². The standard InChI is InChI=1S/C16H19N5OS/c1-20-14(4-5-18-20)11-8-12-2-3-13(9-11)21(12)10-15(22)19-16-17-6-7-23-16/h4-8,12-13H,2-3,9-10H2,1H3,(H,17,19,22). The predicted octanol–water partition coefficient (Wildman–Crippen LogP) is 2.14. The van der Waals surface area contributed by atoms with Crippen LogP contribution in [0, 0.1) is 0 Å². The summed E-state index contributed by atoms with van der Waals surface area (Å²) in [5.74, 6) is 0.0224. The second-order valence-electron chi connectivity index (χ2n) is 6.09. The quantitative estimate of drug-likeness (QED) is 0.933. The minimum Gasteiger partial charge on any atom is -0.301 e. The highest BCUT2D eigenvalue weighted by atomic mass is 32.1. The summed E-state index contributed by atoms with van der Waals surface area (Å²) in [5.41, 5.74) is 2.54. The van der Waals surface area contributed by atoms with Crippen molar-refractivity contribution in [3.8, 4) is 0 Å². The van der Waals surface area contributed by atoms with E-state index in [1.807, 2.05) is 23.3 Å². The molecule has 2 unspecified atom stereocenters. The summed E-state index contributed by atoms with van der Waals surface area (Å²) in [6, 6.07) is 2.86. The average Bonchev–Trinajstić information content (AvgIpc) is 3.22. The van der Waals surface area contributed by atoms with Crippen molar-refractivity contribution < 1.29 is 4.79 Å². The van der Waals surface area contributed by atoms with Crippen molar-refractivity contribution in [1.29, 1.82) is 0 Å². The number of amides is 1. The maximum atomic E-state index is 12.2. The highest BCUT2D eigenvalue weighted by Crippen LogP contribution is 2.38.